The topological polar surface area (TPSA) is 43.6 Å². The Kier molecular flexibility index (Phi) is 7.78. The molecule has 0 aliphatic carbocycles. The van der Waals surface area contributed by atoms with Crippen molar-refractivity contribution in [3.05, 3.63) is 206 Å². The molecular formula is C53H34N4. The van der Waals surface area contributed by atoms with E-state index in [2.05, 4.69) is 199 Å². The first-order chi connectivity index (χ1) is 28.3. The predicted molar refractivity (Wildman–Crippen MR) is 236 cm³/mol. The summed E-state index contributed by atoms with van der Waals surface area (Å²) in [5.74, 6) is 0.681. The van der Waals surface area contributed by atoms with Gasteiger partial charge in [-0.05, 0) is 59.7 Å². The summed E-state index contributed by atoms with van der Waals surface area (Å²) in [5, 5.41) is 5.91. The fourth-order valence-corrected chi connectivity index (χ4v) is 8.35. The molecule has 8 aromatic carbocycles. The van der Waals surface area contributed by atoms with Crippen LogP contribution in [0.25, 0.3) is 105 Å². The van der Waals surface area contributed by atoms with E-state index in [1.54, 1.807) is 0 Å². The summed E-state index contributed by atoms with van der Waals surface area (Å²) >= 11 is 0. The van der Waals surface area contributed by atoms with Gasteiger partial charge in [-0.2, -0.15) is 0 Å². The van der Waals surface area contributed by atoms with Gasteiger partial charge in [0.15, 0.2) is 5.82 Å². The maximum Gasteiger partial charge on any atom is 0.160 e. The SMILES string of the molecule is c1ccc(-c2cccc(-c3nc(-c4ccccc4)cc(-c4cccc(-c5nc6ccccc6c6c5ccc5c6c6ccccc6n5-c5ccccc5)c4)n3)c2)cc1. The van der Waals surface area contributed by atoms with Crippen LogP contribution in [0, 0.1) is 0 Å². The average Bonchev–Trinajstić information content (AvgIpc) is 3.64. The third-order valence-corrected chi connectivity index (χ3v) is 11.0. The number of nitrogens with zero attached hydrogens (tertiary/aromatic N) is 4. The van der Waals surface area contributed by atoms with Crippen molar-refractivity contribution in [3.8, 4) is 62.0 Å². The third-order valence-electron chi connectivity index (χ3n) is 11.0. The second kappa shape index (κ2) is 13.6. The highest BCUT2D eigenvalue weighted by atomic mass is 15.0. The van der Waals surface area contributed by atoms with Crippen molar-refractivity contribution in [1.29, 1.82) is 0 Å². The Morgan fingerprint density at radius 3 is 1.68 bits per heavy atom. The summed E-state index contributed by atoms with van der Waals surface area (Å²) in [7, 11) is 0. The van der Waals surface area contributed by atoms with E-state index >= 15 is 0 Å². The number of hydrogen-bond acceptors (Lipinski definition) is 3. The molecule has 0 amide bonds. The molecule has 11 rings (SSSR count). The summed E-state index contributed by atoms with van der Waals surface area (Å²) in [6.45, 7) is 0. The van der Waals surface area contributed by atoms with Gasteiger partial charge in [0.2, 0.25) is 0 Å². The minimum Gasteiger partial charge on any atom is -0.309 e. The van der Waals surface area contributed by atoms with Gasteiger partial charge in [-0.15, -0.1) is 0 Å². The van der Waals surface area contributed by atoms with Crippen LogP contribution in [0.3, 0.4) is 0 Å². The molecule has 0 spiro atoms. The molecule has 57 heavy (non-hydrogen) atoms. The van der Waals surface area contributed by atoms with Gasteiger partial charge >= 0.3 is 0 Å². The van der Waals surface area contributed by atoms with Crippen LogP contribution in [-0.2, 0) is 0 Å². The number of benzene rings is 8. The Balaban J connectivity index is 1.12. The van der Waals surface area contributed by atoms with E-state index in [1.807, 2.05) is 12.1 Å². The van der Waals surface area contributed by atoms with E-state index in [-0.39, 0.29) is 0 Å². The van der Waals surface area contributed by atoms with Crippen molar-refractivity contribution in [1.82, 2.24) is 19.5 Å². The molecule has 0 atom stereocenters. The first-order valence-corrected chi connectivity index (χ1v) is 19.3. The number of fused-ring (bicyclic) bond motifs is 7. The van der Waals surface area contributed by atoms with Crippen LogP contribution < -0.4 is 0 Å². The zero-order valence-corrected chi connectivity index (χ0v) is 30.9. The Morgan fingerprint density at radius 1 is 0.316 bits per heavy atom. The fourth-order valence-electron chi connectivity index (χ4n) is 8.35. The summed E-state index contributed by atoms with van der Waals surface area (Å²) in [5.41, 5.74) is 13.4. The summed E-state index contributed by atoms with van der Waals surface area (Å²) < 4.78 is 2.38. The quantitative estimate of drug-likeness (QED) is 0.160. The molecule has 4 nitrogen and oxygen atoms in total. The largest absolute Gasteiger partial charge is 0.309 e. The number of pyridine rings is 1. The second-order valence-corrected chi connectivity index (χ2v) is 14.4. The minimum absolute atomic E-state index is 0.681. The number of rotatable bonds is 6. The second-order valence-electron chi connectivity index (χ2n) is 14.4. The van der Waals surface area contributed by atoms with Crippen LogP contribution in [0.15, 0.2) is 206 Å². The van der Waals surface area contributed by atoms with Gasteiger partial charge in [0.1, 0.15) is 0 Å². The fraction of sp³-hybridized carbons (Fsp3) is 0. The molecule has 4 heteroatoms. The first kappa shape index (κ1) is 32.7. The van der Waals surface area contributed by atoms with E-state index in [9.17, 15) is 0 Å². The zero-order chi connectivity index (χ0) is 37.7. The maximum atomic E-state index is 5.39. The lowest BCUT2D eigenvalue weighted by atomic mass is 9.95. The van der Waals surface area contributed by atoms with E-state index < -0.39 is 0 Å². The predicted octanol–water partition coefficient (Wildman–Crippen LogP) is 13.6. The molecule has 266 valence electrons. The summed E-state index contributed by atoms with van der Waals surface area (Å²) in [6.07, 6.45) is 0. The van der Waals surface area contributed by atoms with Gasteiger partial charge in [0, 0.05) is 54.9 Å². The summed E-state index contributed by atoms with van der Waals surface area (Å²) in [6, 6.07) is 72.5. The van der Waals surface area contributed by atoms with Gasteiger partial charge in [0.25, 0.3) is 0 Å². The molecule has 0 saturated heterocycles. The Hall–Kier alpha value is -7.69. The molecular weight excluding hydrogens is 693 g/mol. The van der Waals surface area contributed by atoms with Gasteiger partial charge in [-0.25, -0.2) is 15.0 Å². The molecule has 0 N–H and O–H groups in total. The number of hydrogen-bond donors (Lipinski definition) is 0. The molecule has 3 aromatic heterocycles. The Bertz CT molecular complexity index is 3280. The van der Waals surface area contributed by atoms with Crippen LogP contribution in [0.5, 0.6) is 0 Å². The monoisotopic (exact) mass is 726 g/mol. The maximum absolute atomic E-state index is 5.39. The van der Waals surface area contributed by atoms with E-state index in [1.165, 1.54) is 27.2 Å². The van der Waals surface area contributed by atoms with Crippen molar-refractivity contribution in [2.24, 2.45) is 0 Å². The highest BCUT2D eigenvalue weighted by Crippen LogP contribution is 2.43. The van der Waals surface area contributed by atoms with E-state index in [4.69, 9.17) is 15.0 Å². The van der Waals surface area contributed by atoms with Gasteiger partial charge in [-0.3, -0.25) is 0 Å². The Morgan fingerprint density at radius 2 is 0.895 bits per heavy atom. The van der Waals surface area contributed by atoms with Crippen LogP contribution in [-0.4, -0.2) is 19.5 Å². The molecule has 0 unspecified atom stereocenters. The normalized spacial score (nSPS) is 11.5. The molecule has 0 bridgehead atoms. The highest BCUT2D eigenvalue weighted by molar-refractivity contribution is 6.29. The Labute approximate surface area is 330 Å². The van der Waals surface area contributed by atoms with Crippen LogP contribution in [0.4, 0.5) is 0 Å². The zero-order valence-electron chi connectivity index (χ0n) is 30.9. The third kappa shape index (κ3) is 5.66. The average molecular weight is 727 g/mol. The van der Waals surface area contributed by atoms with E-state index in [0.717, 1.165) is 72.4 Å². The van der Waals surface area contributed by atoms with Gasteiger partial charge in [0.05, 0.1) is 33.6 Å². The van der Waals surface area contributed by atoms with Gasteiger partial charge in [-0.1, -0.05) is 158 Å². The molecule has 0 radical (unpaired) electrons. The van der Waals surface area contributed by atoms with Crippen LogP contribution >= 0.6 is 0 Å². The summed E-state index contributed by atoms with van der Waals surface area (Å²) in [4.78, 5) is 15.8. The number of aromatic nitrogens is 4. The standard InChI is InChI=1S/C53H34N4/c1-4-16-35(17-5-1)37-20-14-23-40(32-37)53-55-46(36-18-6-2-7-19-36)34-47(56-53)38-21-15-22-39(33-38)52-44-30-31-49-51(50(44)42-26-10-12-28-45(42)54-52)43-27-11-13-29-48(43)57(49)41-24-8-3-9-25-41/h1-34H. The van der Waals surface area contributed by atoms with Crippen molar-refractivity contribution >= 4 is 43.5 Å². The number of para-hydroxylation sites is 3. The van der Waals surface area contributed by atoms with Crippen molar-refractivity contribution in [3.63, 3.8) is 0 Å². The lowest BCUT2D eigenvalue weighted by Crippen LogP contribution is -1.97. The lowest BCUT2D eigenvalue weighted by Gasteiger charge is -2.14. The molecule has 0 aliphatic rings. The molecule has 0 fully saturated rings. The van der Waals surface area contributed by atoms with Crippen molar-refractivity contribution in [2.45, 2.75) is 0 Å². The first-order valence-electron chi connectivity index (χ1n) is 19.3. The van der Waals surface area contributed by atoms with Crippen LogP contribution in [0.2, 0.25) is 0 Å². The van der Waals surface area contributed by atoms with Gasteiger partial charge < -0.3 is 4.57 Å². The molecule has 0 saturated carbocycles. The molecule has 0 aliphatic heterocycles. The van der Waals surface area contributed by atoms with Crippen LogP contribution in [0.1, 0.15) is 0 Å². The molecule has 3 heterocycles. The van der Waals surface area contributed by atoms with E-state index in [0.29, 0.717) is 5.82 Å². The highest BCUT2D eigenvalue weighted by Gasteiger charge is 2.20. The van der Waals surface area contributed by atoms with Crippen molar-refractivity contribution in [2.75, 3.05) is 0 Å². The smallest absolute Gasteiger partial charge is 0.160 e. The lowest BCUT2D eigenvalue weighted by molar-refractivity contribution is 1.18. The van der Waals surface area contributed by atoms with Crippen molar-refractivity contribution < 1.29 is 0 Å². The molecule has 11 aromatic rings. The minimum atomic E-state index is 0.681.